The molecular formula is C20H21N3O2S2. The number of ether oxygens (including phenoxy) is 1. The lowest BCUT2D eigenvalue weighted by atomic mass is 10.2. The molecule has 3 aromatic rings. The average molecular weight is 400 g/mol. The highest BCUT2D eigenvalue weighted by Gasteiger charge is 2.21. The molecule has 1 aliphatic rings. The number of hydrogen-bond donors (Lipinski definition) is 1. The number of aromatic nitrogens is 1. The van der Waals surface area contributed by atoms with Crippen molar-refractivity contribution in [3.05, 3.63) is 58.4 Å². The lowest BCUT2D eigenvalue weighted by molar-refractivity contribution is -0.122. The van der Waals surface area contributed by atoms with E-state index in [0.29, 0.717) is 19.6 Å². The molecule has 4 rings (SSSR count). The third kappa shape index (κ3) is 4.55. The maximum Gasteiger partial charge on any atom is 0.234 e. The largest absolute Gasteiger partial charge is 0.489 e. The van der Waals surface area contributed by atoms with Gasteiger partial charge in [-0.05, 0) is 24.4 Å². The molecule has 0 saturated carbocycles. The number of hydrogen-bond acceptors (Lipinski definition) is 6. The number of rotatable bonds is 5. The predicted octanol–water partition coefficient (Wildman–Crippen LogP) is 3.77. The fourth-order valence-electron chi connectivity index (χ4n) is 3.14. The summed E-state index contributed by atoms with van der Waals surface area (Å²) in [5.41, 5.74) is 2.02. The Bertz CT molecular complexity index is 908. The van der Waals surface area contributed by atoms with Crippen LogP contribution in [0, 0.1) is 0 Å². The Morgan fingerprint density at radius 3 is 3.04 bits per heavy atom. The number of thiophene rings is 1. The van der Waals surface area contributed by atoms with E-state index >= 15 is 0 Å². The number of nitrogens with zero attached hydrogens (tertiary/aromatic N) is 2. The Labute approximate surface area is 166 Å². The van der Waals surface area contributed by atoms with E-state index < -0.39 is 0 Å². The molecule has 1 N–H and O–H groups in total. The molecule has 3 heterocycles. The summed E-state index contributed by atoms with van der Waals surface area (Å²) >= 11 is 3.29. The van der Waals surface area contributed by atoms with Crippen molar-refractivity contribution in [1.29, 1.82) is 0 Å². The van der Waals surface area contributed by atoms with Crippen molar-refractivity contribution in [1.82, 2.24) is 15.2 Å². The van der Waals surface area contributed by atoms with Crippen LogP contribution < -0.4 is 10.1 Å². The van der Waals surface area contributed by atoms with Crippen molar-refractivity contribution < 1.29 is 9.53 Å². The first kappa shape index (κ1) is 18.2. The van der Waals surface area contributed by atoms with Crippen LogP contribution in [0.5, 0.6) is 5.75 Å². The van der Waals surface area contributed by atoms with Gasteiger partial charge in [-0.1, -0.05) is 24.3 Å². The summed E-state index contributed by atoms with van der Waals surface area (Å²) in [7, 11) is 0. The number of thiazole rings is 1. The molecule has 1 amide bonds. The minimum Gasteiger partial charge on any atom is -0.489 e. The molecule has 0 radical (unpaired) electrons. The van der Waals surface area contributed by atoms with Gasteiger partial charge in [0.2, 0.25) is 5.91 Å². The molecule has 27 heavy (non-hydrogen) atoms. The van der Waals surface area contributed by atoms with Crippen LogP contribution >= 0.6 is 22.7 Å². The molecule has 0 aliphatic carbocycles. The minimum absolute atomic E-state index is 0.00672. The van der Waals surface area contributed by atoms with Gasteiger partial charge in [0.15, 0.2) is 0 Å². The third-order valence-electron chi connectivity index (χ3n) is 4.33. The fourth-order valence-corrected chi connectivity index (χ4v) is 4.78. The number of carbonyl (C=O) groups is 1. The Morgan fingerprint density at radius 1 is 1.30 bits per heavy atom. The van der Waals surface area contributed by atoms with Gasteiger partial charge in [0, 0.05) is 24.0 Å². The second kappa shape index (κ2) is 8.21. The Morgan fingerprint density at radius 2 is 2.19 bits per heavy atom. The van der Waals surface area contributed by atoms with Crippen molar-refractivity contribution in [2.24, 2.45) is 0 Å². The van der Waals surface area contributed by atoms with Gasteiger partial charge in [0.05, 0.1) is 23.7 Å². The molecular weight excluding hydrogens is 378 g/mol. The van der Waals surface area contributed by atoms with E-state index in [4.69, 9.17) is 4.74 Å². The zero-order valence-corrected chi connectivity index (χ0v) is 16.7. The van der Waals surface area contributed by atoms with Crippen LogP contribution in [0.15, 0.2) is 47.2 Å². The summed E-state index contributed by atoms with van der Waals surface area (Å²) < 4.78 is 5.95. The van der Waals surface area contributed by atoms with Gasteiger partial charge >= 0.3 is 0 Å². The second-order valence-electron chi connectivity index (χ2n) is 6.60. The monoisotopic (exact) mass is 399 g/mol. The van der Waals surface area contributed by atoms with Crippen molar-refractivity contribution in [3.63, 3.8) is 0 Å². The molecule has 0 saturated heterocycles. The summed E-state index contributed by atoms with van der Waals surface area (Å²) in [6, 6.07) is 12.1. The summed E-state index contributed by atoms with van der Waals surface area (Å²) in [6.07, 6.45) is 0.0494. The van der Waals surface area contributed by atoms with Crippen LogP contribution in [0.1, 0.15) is 18.2 Å². The van der Waals surface area contributed by atoms with Crippen molar-refractivity contribution in [2.75, 3.05) is 13.1 Å². The zero-order valence-electron chi connectivity index (χ0n) is 15.1. The molecule has 0 fully saturated rings. The molecule has 1 aromatic carbocycles. The molecule has 1 atom stereocenters. The lowest BCUT2D eigenvalue weighted by Gasteiger charge is -2.21. The molecule has 0 bridgehead atoms. The van der Waals surface area contributed by atoms with Crippen molar-refractivity contribution in [2.45, 2.75) is 26.1 Å². The quantitative estimate of drug-likeness (QED) is 0.710. The van der Waals surface area contributed by atoms with Crippen LogP contribution in [0.4, 0.5) is 0 Å². The molecule has 140 valence electrons. The maximum atomic E-state index is 12.4. The number of nitrogens with one attached hydrogen (secondary N) is 1. The van der Waals surface area contributed by atoms with Crippen molar-refractivity contribution in [3.8, 4) is 15.6 Å². The summed E-state index contributed by atoms with van der Waals surface area (Å²) in [6.45, 7) is 4.28. The van der Waals surface area contributed by atoms with E-state index in [2.05, 4.69) is 27.3 Å². The zero-order chi connectivity index (χ0) is 18.6. The van der Waals surface area contributed by atoms with Gasteiger partial charge in [0.25, 0.3) is 0 Å². The van der Waals surface area contributed by atoms with Gasteiger partial charge in [-0.2, -0.15) is 0 Å². The van der Waals surface area contributed by atoms with Gasteiger partial charge in [-0.15, -0.1) is 22.7 Å². The van der Waals surface area contributed by atoms with Crippen LogP contribution in [0.25, 0.3) is 9.88 Å². The van der Waals surface area contributed by atoms with Gasteiger partial charge in [-0.3, -0.25) is 9.69 Å². The van der Waals surface area contributed by atoms with Crippen LogP contribution in [0.3, 0.4) is 0 Å². The molecule has 0 spiro atoms. The number of fused-ring (bicyclic) bond motifs is 1. The minimum atomic E-state index is 0.00672. The number of para-hydroxylation sites is 1. The highest BCUT2D eigenvalue weighted by Crippen LogP contribution is 2.28. The number of carbonyl (C=O) groups excluding carboxylic acids is 1. The van der Waals surface area contributed by atoms with E-state index in [1.54, 1.807) is 22.7 Å². The second-order valence-corrected chi connectivity index (χ2v) is 8.41. The smallest absolute Gasteiger partial charge is 0.234 e. The summed E-state index contributed by atoms with van der Waals surface area (Å²) in [5.74, 6) is 0.920. The van der Waals surface area contributed by atoms with E-state index in [9.17, 15) is 4.79 Å². The van der Waals surface area contributed by atoms with E-state index in [-0.39, 0.29) is 12.0 Å². The number of amides is 1. The van der Waals surface area contributed by atoms with E-state index in [0.717, 1.165) is 33.4 Å². The summed E-state index contributed by atoms with van der Waals surface area (Å²) in [4.78, 5) is 20.3. The average Bonchev–Trinajstić information content (AvgIpc) is 3.30. The van der Waals surface area contributed by atoms with Gasteiger partial charge < -0.3 is 10.1 Å². The van der Waals surface area contributed by atoms with E-state index in [1.165, 1.54) is 0 Å². The first-order chi connectivity index (χ1) is 13.2. The highest BCUT2D eigenvalue weighted by atomic mass is 32.1. The van der Waals surface area contributed by atoms with Gasteiger partial charge in [0.1, 0.15) is 16.9 Å². The molecule has 5 nitrogen and oxygen atoms in total. The Hall–Kier alpha value is -2.22. The predicted molar refractivity (Wildman–Crippen MR) is 109 cm³/mol. The Balaban J connectivity index is 1.33. The summed E-state index contributed by atoms with van der Waals surface area (Å²) in [5, 5.41) is 8.05. The fraction of sp³-hybridized carbons (Fsp3) is 0.300. The molecule has 2 aromatic heterocycles. The van der Waals surface area contributed by atoms with E-state index in [1.807, 2.05) is 41.9 Å². The standard InChI is InChI=1S/C20H21N3O2S2/c1-14-10-23(11-15-5-2-3-6-17(15)25-14)12-19(24)21-9-16-13-27-20(22-16)18-7-4-8-26-18/h2-8,13-14H,9-12H2,1H3,(H,21,24). The molecule has 1 aliphatic heterocycles. The molecule has 7 heteroatoms. The van der Waals surface area contributed by atoms with Crippen molar-refractivity contribution >= 4 is 28.6 Å². The topological polar surface area (TPSA) is 54.5 Å². The molecule has 1 unspecified atom stereocenters. The number of benzene rings is 1. The van der Waals surface area contributed by atoms with Crippen LogP contribution in [-0.2, 0) is 17.9 Å². The highest BCUT2D eigenvalue weighted by molar-refractivity contribution is 7.20. The van der Waals surface area contributed by atoms with Crippen LogP contribution in [0.2, 0.25) is 0 Å². The normalized spacial score (nSPS) is 17.0. The van der Waals surface area contributed by atoms with Gasteiger partial charge in [-0.25, -0.2) is 4.98 Å². The van der Waals surface area contributed by atoms with Crippen LogP contribution in [-0.4, -0.2) is 35.0 Å². The third-order valence-corrected chi connectivity index (χ3v) is 6.26. The Kier molecular flexibility index (Phi) is 5.52. The SMILES string of the molecule is CC1CN(CC(=O)NCc2csc(-c3cccs3)n2)Cc2ccccc2O1. The maximum absolute atomic E-state index is 12.4. The lowest BCUT2D eigenvalue weighted by Crippen LogP contribution is -2.39. The first-order valence-electron chi connectivity index (χ1n) is 8.89. The first-order valence-corrected chi connectivity index (χ1v) is 10.6.